The second-order valence-corrected chi connectivity index (χ2v) is 3.28. The highest BCUT2D eigenvalue weighted by atomic mass is 16.3. The standard InChI is InChI=1S/C11H9N3O2/c12-4-3-8-6-16-10-2-1-7(5-9(8)10)11(15)14-13/h1-2,5-6H,3,13H2,(H,14,15). The van der Waals surface area contributed by atoms with Crippen molar-refractivity contribution in [3.8, 4) is 6.07 Å². The van der Waals surface area contributed by atoms with Crippen LogP contribution in [0.3, 0.4) is 0 Å². The van der Waals surface area contributed by atoms with Crippen molar-refractivity contribution in [2.45, 2.75) is 6.42 Å². The first-order valence-electron chi connectivity index (χ1n) is 4.64. The Bertz CT molecular complexity index is 580. The van der Waals surface area contributed by atoms with Crippen molar-refractivity contribution in [3.05, 3.63) is 35.6 Å². The molecule has 1 aromatic carbocycles. The summed E-state index contributed by atoms with van der Waals surface area (Å²) in [7, 11) is 0. The van der Waals surface area contributed by atoms with Crippen molar-refractivity contribution in [2.75, 3.05) is 0 Å². The molecule has 80 valence electrons. The molecule has 0 fully saturated rings. The maximum absolute atomic E-state index is 11.3. The van der Waals surface area contributed by atoms with Crippen molar-refractivity contribution in [2.24, 2.45) is 5.84 Å². The lowest BCUT2D eigenvalue weighted by atomic mass is 10.1. The van der Waals surface area contributed by atoms with E-state index in [1.54, 1.807) is 18.2 Å². The van der Waals surface area contributed by atoms with Crippen LogP contribution in [0.4, 0.5) is 0 Å². The van der Waals surface area contributed by atoms with Crippen LogP contribution in [0.1, 0.15) is 15.9 Å². The summed E-state index contributed by atoms with van der Waals surface area (Å²) in [6.45, 7) is 0. The number of furan rings is 1. The van der Waals surface area contributed by atoms with Gasteiger partial charge in [0.1, 0.15) is 5.58 Å². The molecule has 0 aliphatic rings. The molecule has 1 amide bonds. The Balaban J connectivity index is 2.55. The van der Waals surface area contributed by atoms with E-state index in [9.17, 15) is 4.79 Å². The number of nitrogens with two attached hydrogens (primary N) is 1. The Kier molecular flexibility index (Phi) is 2.58. The predicted octanol–water partition coefficient (Wildman–Crippen LogP) is 1.10. The van der Waals surface area contributed by atoms with Gasteiger partial charge in [0, 0.05) is 16.5 Å². The summed E-state index contributed by atoms with van der Waals surface area (Å²) in [6.07, 6.45) is 1.78. The summed E-state index contributed by atoms with van der Waals surface area (Å²) < 4.78 is 5.26. The molecule has 0 saturated carbocycles. The molecule has 0 radical (unpaired) electrons. The molecular weight excluding hydrogens is 206 g/mol. The van der Waals surface area contributed by atoms with E-state index in [1.807, 2.05) is 6.07 Å². The van der Waals surface area contributed by atoms with Gasteiger partial charge in [-0.25, -0.2) is 5.84 Å². The summed E-state index contributed by atoms with van der Waals surface area (Å²) in [4.78, 5) is 11.3. The number of fused-ring (bicyclic) bond motifs is 1. The molecule has 0 aliphatic carbocycles. The van der Waals surface area contributed by atoms with Crippen LogP contribution >= 0.6 is 0 Å². The van der Waals surface area contributed by atoms with Gasteiger partial charge in [0.2, 0.25) is 0 Å². The lowest BCUT2D eigenvalue weighted by Crippen LogP contribution is -2.29. The van der Waals surface area contributed by atoms with E-state index in [0.29, 0.717) is 11.1 Å². The highest BCUT2D eigenvalue weighted by molar-refractivity contribution is 5.98. The summed E-state index contributed by atoms with van der Waals surface area (Å²) in [5, 5.41) is 9.40. The van der Waals surface area contributed by atoms with E-state index in [2.05, 4.69) is 5.43 Å². The zero-order chi connectivity index (χ0) is 11.5. The average molecular weight is 215 g/mol. The zero-order valence-corrected chi connectivity index (χ0v) is 8.36. The van der Waals surface area contributed by atoms with Gasteiger partial charge in [0.25, 0.3) is 5.91 Å². The van der Waals surface area contributed by atoms with Crippen molar-refractivity contribution in [1.29, 1.82) is 5.26 Å². The molecule has 0 saturated heterocycles. The number of hydrogen-bond donors (Lipinski definition) is 2. The molecule has 16 heavy (non-hydrogen) atoms. The molecular formula is C11H9N3O2. The highest BCUT2D eigenvalue weighted by Gasteiger charge is 2.09. The maximum Gasteiger partial charge on any atom is 0.265 e. The number of nitrogen functional groups attached to an aromatic ring is 1. The minimum absolute atomic E-state index is 0.251. The molecule has 0 bridgehead atoms. The number of hydrazine groups is 1. The van der Waals surface area contributed by atoms with Crippen LogP contribution in [0.25, 0.3) is 11.0 Å². The van der Waals surface area contributed by atoms with Gasteiger partial charge in [-0.15, -0.1) is 0 Å². The Hall–Kier alpha value is -2.32. The smallest absolute Gasteiger partial charge is 0.265 e. The van der Waals surface area contributed by atoms with E-state index in [4.69, 9.17) is 15.5 Å². The van der Waals surface area contributed by atoms with Crippen LogP contribution < -0.4 is 11.3 Å². The number of carbonyl (C=O) groups is 1. The molecule has 5 nitrogen and oxygen atoms in total. The summed E-state index contributed by atoms with van der Waals surface area (Å²) in [6, 6.07) is 7.00. The number of hydrogen-bond acceptors (Lipinski definition) is 4. The number of nitrogens with one attached hydrogen (secondary N) is 1. The lowest BCUT2D eigenvalue weighted by Gasteiger charge is -1.99. The van der Waals surface area contributed by atoms with Gasteiger partial charge in [-0.05, 0) is 18.2 Å². The minimum Gasteiger partial charge on any atom is -0.464 e. The van der Waals surface area contributed by atoms with Crippen molar-refractivity contribution >= 4 is 16.9 Å². The number of nitriles is 1. The first-order valence-corrected chi connectivity index (χ1v) is 4.64. The molecule has 0 atom stereocenters. The van der Waals surface area contributed by atoms with E-state index in [-0.39, 0.29) is 12.3 Å². The lowest BCUT2D eigenvalue weighted by molar-refractivity contribution is 0.0954. The molecule has 2 rings (SSSR count). The maximum atomic E-state index is 11.3. The van der Waals surface area contributed by atoms with Gasteiger partial charge in [0.05, 0.1) is 18.8 Å². The Morgan fingerprint density at radius 2 is 2.38 bits per heavy atom. The Morgan fingerprint density at radius 3 is 3.06 bits per heavy atom. The number of benzene rings is 1. The minimum atomic E-state index is -0.369. The Labute approximate surface area is 91.4 Å². The topological polar surface area (TPSA) is 92.0 Å². The quantitative estimate of drug-likeness (QED) is 0.445. The summed E-state index contributed by atoms with van der Waals surface area (Å²) in [5.74, 6) is 4.68. The van der Waals surface area contributed by atoms with Gasteiger partial charge in [-0.1, -0.05) is 0 Å². The first-order chi connectivity index (χ1) is 7.76. The second kappa shape index (κ2) is 4.04. The normalized spacial score (nSPS) is 10.0. The van der Waals surface area contributed by atoms with Crippen LogP contribution in [0, 0.1) is 11.3 Å². The van der Waals surface area contributed by atoms with Crippen LogP contribution in [0.2, 0.25) is 0 Å². The van der Waals surface area contributed by atoms with Gasteiger partial charge in [0.15, 0.2) is 0 Å². The van der Waals surface area contributed by atoms with Crippen molar-refractivity contribution in [3.63, 3.8) is 0 Å². The number of carbonyl (C=O) groups excluding carboxylic acids is 1. The van der Waals surface area contributed by atoms with Gasteiger partial charge < -0.3 is 4.42 Å². The van der Waals surface area contributed by atoms with Crippen LogP contribution in [0.15, 0.2) is 28.9 Å². The third-order valence-corrected chi connectivity index (χ3v) is 2.32. The number of rotatable bonds is 2. The largest absolute Gasteiger partial charge is 0.464 e. The number of amides is 1. The number of nitrogens with zero attached hydrogens (tertiary/aromatic N) is 1. The van der Waals surface area contributed by atoms with E-state index < -0.39 is 0 Å². The summed E-state index contributed by atoms with van der Waals surface area (Å²) >= 11 is 0. The third kappa shape index (κ3) is 1.62. The van der Waals surface area contributed by atoms with Crippen LogP contribution in [-0.4, -0.2) is 5.91 Å². The molecule has 2 aromatic rings. The van der Waals surface area contributed by atoms with Gasteiger partial charge >= 0.3 is 0 Å². The fourth-order valence-corrected chi connectivity index (χ4v) is 1.53. The highest BCUT2D eigenvalue weighted by Crippen LogP contribution is 2.22. The molecule has 1 heterocycles. The van der Waals surface area contributed by atoms with Crippen molar-refractivity contribution < 1.29 is 9.21 Å². The average Bonchev–Trinajstić information content (AvgIpc) is 2.71. The molecule has 0 unspecified atom stereocenters. The van der Waals surface area contributed by atoms with E-state index in [0.717, 1.165) is 10.9 Å². The molecule has 0 aliphatic heterocycles. The van der Waals surface area contributed by atoms with Crippen LogP contribution in [-0.2, 0) is 6.42 Å². The fraction of sp³-hybridized carbons (Fsp3) is 0.0909. The van der Waals surface area contributed by atoms with E-state index in [1.165, 1.54) is 6.26 Å². The SMILES string of the molecule is N#CCc1coc2ccc(C(=O)NN)cc12. The predicted molar refractivity (Wildman–Crippen MR) is 57.2 cm³/mol. The monoisotopic (exact) mass is 215 g/mol. The Morgan fingerprint density at radius 1 is 1.56 bits per heavy atom. The molecule has 1 aromatic heterocycles. The molecule has 0 spiro atoms. The third-order valence-electron chi connectivity index (χ3n) is 2.32. The second-order valence-electron chi connectivity index (χ2n) is 3.28. The molecule has 3 N–H and O–H groups in total. The van der Waals surface area contributed by atoms with E-state index >= 15 is 0 Å². The zero-order valence-electron chi connectivity index (χ0n) is 8.36. The molecule has 5 heteroatoms. The fourth-order valence-electron chi connectivity index (χ4n) is 1.53. The van der Waals surface area contributed by atoms with Gasteiger partial charge in [-0.3, -0.25) is 10.2 Å². The van der Waals surface area contributed by atoms with Gasteiger partial charge in [-0.2, -0.15) is 5.26 Å². The summed E-state index contributed by atoms with van der Waals surface area (Å²) in [5.41, 5.74) is 3.91. The van der Waals surface area contributed by atoms with Crippen LogP contribution in [0.5, 0.6) is 0 Å². The van der Waals surface area contributed by atoms with Crippen molar-refractivity contribution in [1.82, 2.24) is 5.43 Å². The first kappa shape index (κ1) is 10.2.